The number of nitrogens with zero attached hydrogens (tertiary/aromatic N) is 1. The number of thiophene rings is 1. The first-order valence-corrected chi connectivity index (χ1v) is 13.2. The van der Waals surface area contributed by atoms with Crippen LogP contribution in [0.25, 0.3) is 0 Å². The van der Waals surface area contributed by atoms with Gasteiger partial charge in [0.05, 0.1) is 21.6 Å². The van der Waals surface area contributed by atoms with Crippen LogP contribution in [0.3, 0.4) is 0 Å². The number of halogens is 2. The summed E-state index contributed by atoms with van der Waals surface area (Å²) in [4.78, 5) is 31.6. The first-order chi connectivity index (χ1) is 15.4. The predicted molar refractivity (Wildman–Crippen MR) is 132 cm³/mol. The van der Waals surface area contributed by atoms with Gasteiger partial charge in [0.15, 0.2) is 0 Å². The second-order valence-electron chi connectivity index (χ2n) is 8.76. The Morgan fingerprint density at radius 1 is 1.25 bits per heavy atom. The second kappa shape index (κ2) is 10.5. The lowest BCUT2D eigenvalue weighted by molar-refractivity contribution is -0.123. The van der Waals surface area contributed by atoms with Gasteiger partial charge in [0.25, 0.3) is 5.91 Å². The molecule has 2 amide bonds. The SMILES string of the molecule is CC(Nc1cc(Cl)cnc1Br)c1ccc(C(=O)NC(CC2CCCC2)C(=O)NC2CC2)s1. The molecule has 2 aromatic rings. The van der Waals surface area contributed by atoms with E-state index in [1.807, 2.05) is 25.1 Å². The Morgan fingerprint density at radius 3 is 2.72 bits per heavy atom. The molecule has 2 aliphatic rings. The van der Waals surface area contributed by atoms with Crippen molar-refractivity contribution < 1.29 is 9.59 Å². The number of amides is 2. The van der Waals surface area contributed by atoms with Crippen molar-refractivity contribution in [2.75, 3.05) is 5.32 Å². The fourth-order valence-electron chi connectivity index (χ4n) is 4.11. The highest BCUT2D eigenvalue weighted by molar-refractivity contribution is 9.10. The molecule has 0 bridgehead atoms. The van der Waals surface area contributed by atoms with Crippen LogP contribution in [0.4, 0.5) is 5.69 Å². The average molecular weight is 540 g/mol. The van der Waals surface area contributed by atoms with Gasteiger partial charge in [-0.1, -0.05) is 37.3 Å². The van der Waals surface area contributed by atoms with Crippen LogP contribution in [-0.2, 0) is 4.79 Å². The zero-order valence-electron chi connectivity index (χ0n) is 18.0. The van der Waals surface area contributed by atoms with Crippen LogP contribution in [0.5, 0.6) is 0 Å². The zero-order valence-corrected chi connectivity index (χ0v) is 21.2. The van der Waals surface area contributed by atoms with E-state index in [0.717, 1.165) is 42.7 Å². The van der Waals surface area contributed by atoms with Crippen LogP contribution < -0.4 is 16.0 Å². The second-order valence-corrected chi connectivity index (χ2v) is 11.1. The first-order valence-electron chi connectivity index (χ1n) is 11.2. The molecular weight excluding hydrogens is 512 g/mol. The van der Waals surface area contributed by atoms with Gasteiger partial charge < -0.3 is 16.0 Å². The fraction of sp³-hybridized carbons (Fsp3) is 0.522. The van der Waals surface area contributed by atoms with E-state index < -0.39 is 6.04 Å². The van der Waals surface area contributed by atoms with Crippen molar-refractivity contribution in [3.63, 3.8) is 0 Å². The molecule has 0 aromatic carbocycles. The molecule has 3 N–H and O–H groups in total. The van der Waals surface area contributed by atoms with Crippen molar-refractivity contribution in [2.45, 2.75) is 70.0 Å². The Morgan fingerprint density at radius 2 is 2.00 bits per heavy atom. The van der Waals surface area contributed by atoms with Crippen LogP contribution in [-0.4, -0.2) is 28.9 Å². The van der Waals surface area contributed by atoms with Gasteiger partial charge in [0, 0.05) is 17.1 Å². The summed E-state index contributed by atoms with van der Waals surface area (Å²) in [7, 11) is 0. The number of hydrogen-bond acceptors (Lipinski definition) is 5. The highest BCUT2D eigenvalue weighted by Crippen LogP contribution is 2.31. The van der Waals surface area contributed by atoms with Crippen molar-refractivity contribution >= 4 is 56.4 Å². The summed E-state index contributed by atoms with van der Waals surface area (Å²) < 4.78 is 0.680. The number of carbonyl (C=O) groups is 2. The lowest BCUT2D eigenvalue weighted by Crippen LogP contribution is -2.48. The summed E-state index contributed by atoms with van der Waals surface area (Å²) in [6, 6.07) is 5.35. The van der Waals surface area contributed by atoms with Gasteiger partial charge in [-0.05, 0) is 66.2 Å². The van der Waals surface area contributed by atoms with Crippen molar-refractivity contribution in [1.29, 1.82) is 0 Å². The third-order valence-electron chi connectivity index (χ3n) is 6.04. The first kappa shape index (κ1) is 23.5. The van der Waals surface area contributed by atoms with E-state index >= 15 is 0 Å². The maximum atomic E-state index is 13.0. The number of hydrogen-bond donors (Lipinski definition) is 3. The molecule has 2 heterocycles. The minimum Gasteiger partial charge on any atom is -0.375 e. The van der Waals surface area contributed by atoms with Gasteiger partial charge in [0.2, 0.25) is 5.91 Å². The molecule has 9 heteroatoms. The van der Waals surface area contributed by atoms with Gasteiger partial charge in [-0.2, -0.15) is 0 Å². The molecule has 2 fully saturated rings. The van der Waals surface area contributed by atoms with E-state index in [4.69, 9.17) is 11.6 Å². The van der Waals surface area contributed by atoms with E-state index in [2.05, 4.69) is 36.9 Å². The van der Waals surface area contributed by atoms with E-state index in [1.165, 1.54) is 24.2 Å². The van der Waals surface area contributed by atoms with Crippen LogP contribution >= 0.6 is 38.9 Å². The molecule has 6 nitrogen and oxygen atoms in total. The molecule has 0 radical (unpaired) electrons. The molecule has 0 saturated heterocycles. The van der Waals surface area contributed by atoms with Crippen molar-refractivity contribution in [3.8, 4) is 0 Å². The Hall–Kier alpha value is -1.64. The lowest BCUT2D eigenvalue weighted by Gasteiger charge is -2.21. The number of carbonyl (C=O) groups excluding carboxylic acids is 2. The average Bonchev–Trinajstić information content (AvgIpc) is 3.22. The number of aromatic nitrogens is 1. The Kier molecular flexibility index (Phi) is 7.74. The molecule has 32 heavy (non-hydrogen) atoms. The van der Waals surface area contributed by atoms with Crippen LogP contribution in [0.2, 0.25) is 5.02 Å². The summed E-state index contributed by atoms with van der Waals surface area (Å²) >= 11 is 10.9. The highest BCUT2D eigenvalue weighted by Gasteiger charge is 2.31. The maximum Gasteiger partial charge on any atom is 0.262 e. The van der Waals surface area contributed by atoms with Gasteiger partial charge in [-0.3, -0.25) is 9.59 Å². The minimum absolute atomic E-state index is 0.0365. The van der Waals surface area contributed by atoms with Crippen molar-refractivity contribution in [2.24, 2.45) is 5.92 Å². The Bertz CT molecular complexity index is 975. The Labute approximate surface area is 206 Å². The highest BCUT2D eigenvalue weighted by atomic mass is 79.9. The smallest absolute Gasteiger partial charge is 0.262 e. The molecule has 0 spiro atoms. The fourth-order valence-corrected chi connectivity index (χ4v) is 5.51. The van der Waals surface area contributed by atoms with E-state index in [1.54, 1.807) is 6.20 Å². The molecule has 4 rings (SSSR count). The number of anilines is 1. The van der Waals surface area contributed by atoms with Crippen molar-refractivity contribution in [3.05, 3.63) is 43.8 Å². The molecule has 2 atom stereocenters. The van der Waals surface area contributed by atoms with Gasteiger partial charge in [0.1, 0.15) is 10.6 Å². The third-order valence-corrected chi connectivity index (χ3v) is 8.15. The summed E-state index contributed by atoms with van der Waals surface area (Å²) in [5.74, 6) is 0.281. The van der Waals surface area contributed by atoms with E-state index in [0.29, 0.717) is 20.4 Å². The number of pyridine rings is 1. The number of nitrogens with one attached hydrogen (secondary N) is 3. The van der Waals surface area contributed by atoms with Gasteiger partial charge >= 0.3 is 0 Å². The largest absolute Gasteiger partial charge is 0.375 e. The van der Waals surface area contributed by atoms with Crippen molar-refractivity contribution in [1.82, 2.24) is 15.6 Å². The molecule has 2 unspecified atom stereocenters. The summed E-state index contributed by atoms with van der Waals surface area (Å²) in [6.45, 7) is 2.02. The zero-order chi connectivity index (χ0) is 22.7. The summed E-state index contributed by atoms with van der Waals surface area (Å²) in [6.07, 6.45) is 9.08. The quantitative estimate of drug-likeness (QED) is 0.358. The summed E-state index contributed by atoms with van der Waals surface area (Å²) in [5, 5.41) is 10.0. The molecule has 2 aromatic heterocycles. The van der Waals surface area contributed by atoms with Gasteiger partial charge in [-0.15, -0.1) is 11.3 Å². The Balaban J connectivity index is 1.40. The standard InChI is InChI=1S/C23H28BrClN4O2S/c1-13(27-17-11-15(25)12-26-21(17)24)19-8-9-20(32-19)23(31)29-18(10-14-4-2-3-5-14)22(30)28-16-6-7-16/h8-9,11-14,16,18,27H,2-7,10H2,1H3,(H,28,30)(H,29,31). The third kappa shape index (κ3) is 6.23. The molecule has 0 aliphatic heterocycles. The normalized spacial score (nSPS) is 18.2. The predicted octanol–water partition coefficient (Wildman–Crippen LogP) is 5.69. The van der Waals surface area contributed by atoms with Gasteiger partial charge in [-0.25, -0.2) is 4.98 Å². The van der Waals surface area contributed by atoms with E-state index in [-0.39, 0.29) is 23.9 Å². The minimum atomic E-state index is -0.471. The molecular formula is C23H28BrClN4O2S. The van der Waals surface area contributed by atoms with Crippen LogP contribution in [0.15, 0.2) is 29.0 Å². The molecule has 2 aliphatic carbocycles. The number of rotatable bonds is 9. The summed E-state index contributed by atoms with van der Waals surface area (Å²) in [5.41, 5.74) is 0.790. The maximum absolute atomic E-state index is 13.0. The lowest BCUT2D eigenvalue weighted by atomic mass is 9.97. The molecule has 2 saturated carbocycles. The monoisotopic (exact) mass is 538 g/mol. The van der Waals surface area contributed by atoms with E-state index in [9.17, 15) is 9.59 Å². The van der Waals surface area contributed by atoms with Crippen LogP contribution in [0.1, 0.15) is 72.5 Å². The van der Waals surface area contributed by atoms with Crippen LogP contribution in [0, 0.1) is 5.92 Å². The molecule has 172 valence electrons. The topological polar surface area (TPSA) is 83.1 Å².